The molecule has 0 aliphatic heterocycles. The fourth-order valence-corrected chi connectivity index (χ4v) is 3.80. The number of carbonyl (C=O) groups excluding carboxylic acids is 1. The first kappa shape index (κ1) is 23.3. The molecule has 3 rings (SSSR count). The van der Waals surface area contributed by atoms with E-state index in [0.717, 1.165) is 20.5 Å². The van der Waals surface area contributed by atoms with Crippen LogP contribution >= 0.6 is 11.3 Å². The predicted molar refractivity (Wildman–Crippen MR) is 111 cm³/mol. The van der Waals surface area contributed by atoms with Gasteiger partial charge in [0, 0.05) is 53.9 Å². The number of benzene rings is 2. The van der Waals surface area contributed by atoms with Crippen molar-refractivity contribution in [3.05, 3.63) is 54.1 Å². The molecular formula is C22H19O5SY-. The largest absolute Gasteiger partial charge is 0.496 e. The van der Waals surface area contributed by atoms with Crippen LogP contribution in [0.4, 0.5) is 0 Å². The molecule has 7 heteroatoms. The molecule has 0 saturated carbocycles. The normalized spacial score (nSPS) is 11.3. The summed E-state index contributed by atoms with van der Waals surface area (Å²) in [6, 6.07) is 13.6. The number of thiophene rings is 1. The monoisotopic (exact) mass is 484 g/mol. The van der Waals surface area contributed by atoms with Crippen LogP contribution in [0.2, 0.25) is 0 Å². The van der Waals surface area contributed by atoms with Crippen LogP contribution in [-0.4, -0.2) is 30.1 Å². The fourth-order valence-electron chi connectivity index (χ4n) is 2.71. The second kappa shape index (κ2) is 9.66. The van der Waals surface area contributed by atoms with Gasteiger partial charge in [0.2, 0.25) is 0 Å². The molecular weight excluding hydrogens is 465 g/mol. The Bertz CT molecular complexity index is 1040. The Morgan fingerprint density at radius 1 is 1.17 bits per heavy atom. The third-order valence-corrected chi connectivity index (χ3v) is 5.38. The van der Waals surface area contributed by atoms with Gasteiger partial charge in [-0.05, 0) is 37.7 Å². The maximum Gasteiger partial charge on any atom is 0.347 e. The first-order valence-corrected chi connectivity index (χ1v) is 9.35. The van der Waals surface area contributed by atoms with E-state index in [1.165, 1.54) is 26.0 Å². The fraction of sp³-hybridized carbons (Fsp3) is 0.182. The summed E-state index contributed by atoms with van der Waals surface area (Å²) >= 11 is 1.62. The number of carbonyl (C=O) groups is 1. The Balaban J connectivity index is 0.00000300. The average Bonchev–Trinajstić information content (AvgIpc) is 3.10. The molecule has 0 aliphatic carbocycles. The van der Waals surface area contributed by atoms with Crippen molar-refractivity contribution in [2.45, 2.75) is 19.4 Å². The second-order valence-electron chi connectivity index (χ2n) is 6.61. The number of fused-ring (bicyclic) bond motifs is 1. The van der Waals surface area contributed by atoms with Gasteiger partial charge < -0.3 is 19.4 Å². The van der Waals surface area contributed by atoms with E-state index < -0.39 is 11.6 Å². The number of methoxy groups -OCH3 is 1. The van der Waals surface area contributed by atoms with Gasteiger partial charge >= 0.3 is 5.97 Å². The van der Waals surface area contributed by atoms with E-state index in [-0.39, 0.29) is 32.7 Å². The number of carboxylic acid groups (broad SMARTS) is 1. The topological polar surface area (TPSA) is 72.8 Å². The van der Waals surface area contributed by atoms with Gasteiger partial charge in [0.1, 0.15) is 11.5 Å². The van der Waals surface area contributed by atoms with Crippen LogP contribution < -0.4 is 9.47 Å². The SMILES string of the molecule is COc1cc(OC(C)(C)C(=O)O)c(/C=C/[C-]=O)cc1-c1cc2ccccc2s1.[Y]. The Labute approximate surface area is 198 Å². The number of aliphatic carboxylic acids is 1. The zero-order valence-corrected chi connectivity index (χ0v) is 19.9. The van der Waals surface area contributed by atoms with Crippen LogP contribution in [0.25, 0.3) is 26.6 Å². The zero-order chi connectivity index (χ0) is 20.3. The molecule has 1 radical (unpaired) electrons. The van der Waals surface area contributed by atoms with E-state index in [9.17, 15) is 14.7 Å². The Morgan fingerprint density at radius 3 is 2.52 bits per heavy atom. The summed E-state index contributed by atoms with van der Waals surface area (Å²) in [6.07, 6.45) is 4.46. The third-order valence-electron chi connectivity index (χ3n) is 4.23. The summed E-state index contributed by atoms with van der Waals surface area (Å²) in [5.41, 5.74) is -0.0573. The van der Waals surface area contributed by atoms with Crippen molar-refractivity contribution in [1.29, 1.82) is 0 Å². The Kier molecular flexibility index (Phi) is 7.75. The first-order chi connectivity index (χ1) is 13.4. The van der Waals surface area contributed by atoms with Crippen LogP contribution in [0.3, 0.4) is 0 Å². The molecule has 0 spiro atoms. The molecule has 0 atom stereocenters. The second-order valence-corrected chi connectivity index (χ2v) is 7.69. The summed E-state index contributed by atoms with van der Waals surface area (Å²) in [5, 5.41) is 10.5. The maximum absolute atomic E-state index is 11.5. The Hall–Kier alpha value is -2.02. The zero-order valence-electron chi connectivity index (χ0n) is 16.3. The number of hydrogen-bond donors (Lipinski definition) is 1. The van der Waals surface area contributed by atoms with Crippen molar-refractivity contribution >= 4 is 39.8 Å². The van der Waals surface area contributed by atoms with E-state index in [2.05, 4.69) is 6.07 Å². The molecule has 0 aliphatic rings. The van der Waals surface area contributed by atoms with Gasteiger partial charge in [-0.1, -0.05) is 29.8 Å². The Morgan fingerprint density at radius 2 is 1.90 bits per heavy atom. The van der Waals surface area contributed by atoms with Crippen LogP contribution in [0.5, 0.6) is 11.5 Å². The van der Waals surface area contributed by atoms with Gasteiger partial charge in [-0.25, -0.2) is 4.79 Å². The standard InChI is InChI=1S/C22H19O5S.Y/c1-22(2,21(24)25)27-17-13-18(26-3)16(11-14(17)8-6-10-23)20-12-15-7-4-5-9-19(15)28-20;/h4-9,11-13H,1-3H3,(H,24,25);/q-1;/b8-6+;. The van der Waals surface area contributed by atoms with Gasteiger partial charge in [0.15, 0.2) is 5.60 Å². The van der Waals surface area contributed by atoms with Crippen LogP contribution in [-0.2, 0) is 42.3 Å². The molecule has 1 aromatic heterocycles. The summed E-state index contributed by atoms with van der Waals surface area (Å²) in [4.78, 5) is 23.2. The van der Waals surface area contributed by atoms with Crippen molar-refractivity contribution in [1.82, 2.24) is 0 Å². The van der Waals surface area contributed by atoms with Crippen molar-refractivity contribution in [3.63, 3.8) is 0 Å². The number of hydrogen-bond acceptors (Lipinski definition) is 5. The molecule has 147 valence electrons. The number of allylic oxidation sites excluding steroid dienone is 1. The van der Waals surface area contributed by atoms with E-state index in [4.69, 9.17) is 9.47 Å². The van der Waals surface area contributed by atoms with E-state index >= 15 is 0 Å². The van der Waals surface area contributed by atoms with Crippen molar-refractivity contribution < 1.29 is 56.9 Å². The molecule has 29 heavy (non-hydrogen) atoms. The summed E-state index contributed by atoms with van der Waals surface area (Å²) in [6.45, 7) is 2.92. The molecule has 0 amide bonds. The molecule has 3 aromatic rings. The minimum atomic E-state index is -1.45. The molecule has 0 bridgehead atoms. The number of rotatable bonds is 7. The van der Waals surface area contributed by atoms with Crippen LogP contribution in [0.15, 0.2) is 48.5 Å². The van der Waals surface area contributed by atoms with Crippen molar-refractivity contribution in [2.24, 2.45) is 0 Å². The van der Waals surface area contributed by atoms with Gasteiger partial charge in [0.25, 0.3) is 0 Å². The molecule has 0 saturated heterocycles. The van der Waals surface area contributed by atoms with Crippen molar-refractivity contribution in [2.75, 3.05) is 7.11 Å². The first-order valence-electron chi connectivity index (χ1n) is 8.53. The van der Waals surface area contributed by atoms with Gasteiger partial charge in [-0.3, -0.25) is 0 Å². The van der Waals surface area contributed by atoms with E-state index in [0.29, 0.717) is 17.1 Å². The predicted octanol–water partition coefficient (Wildman–Crippen LogP) is 4.94. The molecule has 5 nitrogen and oxygen atoms in total. The van der Waals surface area contributed by atoms with Gasteiger partial charge in [0.05, 0.1) is 7.11 Å². The summed E-state index contributed by atoms with van der Waals surface area (Å²) in [7, 11) is 1.55. The van der Waals surface area contributed by atoms with Gasteiger partial charge in [-0.15, -0.1) is 11.3 Å². The minimum Gasteiger partial charge on any atom is -0.496 e. The third kappa shape index (κ3) is 5.13. The minimum absolute atomic E-state index is 0. The average molecular weight is 484 g/mol. The molecule has 1 N–H and O–H groups in total. The molecule has 0 unspecified atom stereocenters. The summed E-state index contributed by atoms with van der Waals surface area (Å²) in [5.74, 6) is -0.243. The number of ether oxygens (including phenoxy) is 2. The van der Waals surface area contributed by atoms with Crippen LogP contribution in [0.1, 0.15) is 19.4 Å². The van der Waals surface area contributed by atoms with Gasteiger partial charge in [-0.2, -0.15) is 12.2 Å². The summed E-state index contributed by atoms with van der Waals surface area (Å²) < 4.78 is 12.4. The molecule has 1 heterocycles. The molecule has 0 fully saturated rings. The number of carboxylic acids is 1. The molecule has 2 aromatic carbocycles. The van der Waals surface area contributed by atoms with E-state index in [1.807, 2.05) is 30.3 Å². The maximum atomic E-state index is 11.5. The van der Waals surface area contributed by atoms with E-state index in [1.54, 1.807) is 30.8 Å². The van der Waals surface area contributed by atoms with Crippen molar-refractivity contribution in [3.8, 4) is 21.9 Å². The quantitative estimate of drug-likeness (QED) is 0.380. The van der Waals surface area contributed by atoms with Crippen LogP contribution in [0, 0.1) is 0 Å². The smallest absolute Gasteiger partial charge is 0.347 e.